The molecule has 1 saturated carbocycles. The zero-order valence-corrected chi connectivity index (χ0v) is 13.8. The van der Waals surface area contributed by atoms with Crippen molar-refractivity contribution in [1.82, 2.24) is 9.55 Å². The molecule has 0 aliphatic heterocycles. The molecule has 4 N–H and O–H groups in total. The molecule has 3 rings (SSSR count). The molecular weight excluding hydrogens is 304 g/mol. The number of nitrogens with zero attached hydrogens (tertiary/aromatic N) is 2. The van der Waals surface area contributed by atoms with Crippen molar-refractivity contribution in [3.8, 4) is 0 Å². The molecule has 2 aromatic rings. The normalized spacial score (nSPS) is 15.7. The summed E-state index contributed by atoms with van der Waals surface area (Å²) in [5.74, 6) is 0.538. The molecule has 0 saturated heterocycles. The fourth-order valence-corrected chi connectivity index (χ4v) is 3.53. The lowest BCUT2D eigenvalue weighted by Crippen LogP contribution is -2.19. The lowest BCUT2D eigenvalue weighted by molar-refractivity contribution is -0.123. The molecule has 1 aromatic carbocycles. The third-order valence-electron chi connectivity index (χ3n) is 4.86. The van der Waals surface area contributed by atoms with Crippen LogP contribution in [0.1, 0.15) is 44.1 Å². The summed E-state index contributed by atoms with van der Waals surface area (Å²) >= 11 is 0. The van der Waals surface area contributed by atoms with Crippen LogP contribution in [-0.2, 0) is 22.6 Å². The van der Waals surface area contributed by atoms with Gasteiger partial charge in [0.1, 0.15) is 5.78 Å². The average molecular weight is 328 g/mol. The summed E-state index contributed by atoms with van der Waals surface area (Å²) in [6, 6.07) is 5.79. The summed E-state index contributed by atoms with van der Waals surface area (Å²) in [7, 11) is 0. The third-order valence-corrected chi connectivity index (χ3v) is 4.86. The van der Waals surface area contributed by atoms with Gasteiger partial charge in [-0.1, -0.05) is 25.3 Å². The van der Waals surface area contributed by atoms with Crippen LogP contribution in [0.5, 0.6) is 0 Å². The van der Waals surface area contributed by atoms with Crippen molar-refractivity contribution in [2.24, 2.45) is 11.7 Å². The number of anilines is 1. The Morgan fingerprint density at radius 1 is 1.21 bits per heavy atom. The van der Waals surface area contributed by atoms with Crippen LogP contribution in [0.15, 0.2) is 18.2 Å². The molecule has 1 heterocycles. The first-order valence-electron chi connectivity index (χ1n) is 8.60. The van der Waals surface area contributed by atoms with Crippen molar-refractivity contribution in [1.29, 1.82) is 0 Å². The summed E-state index contributed by atoms with van der Waals surface area (Å²) < 4.78 is 1.78. The van der Waals surface area contributed by atoms with E-state index in [9.17, 15) is 9.59 Å². The highest BCUT2D eigenvalue weighted by atomic mass is 16.1. The first-order valence-corrected chi connectivity index (χ1v) is 8.60. The Labute approximate surface area is 141 Å². The molecule has 1 aromatic heterocycles. The Kier molecular flexibility index (Phi) is 4.83. The van der Waals surface area contributed by atoms with Gasteiger partial charge in [-0.2, -0.15) is 0 Å². The van der Waals surface area contributed by atoms with E-state index in [0.29, 0.717) is 24.7 Å². The number of nitrogens with two attached hydrogens (primary N) is 2. The number of nitrogen functional groups attached to an aromatic ring is 1. The van der Waals surface area contributed by atoms with Crippen molar-refractivity contribution in [2.75, 3.05) is 5.73 Å². The van der Waals surface area contributed by atoms with Gasteiger partial charge in [0.25, 0.3) is 0 Å². The second kappa shape index (κ2) is 7.03. The molecule has 6 heteroatoms. The van der Waals surface area contributed by atoms with Gasteiger partial charge in [0, 0.05) is 25.3 Å². The molecule has 0 atom stereocenters. The van der Waals surface area contributed by atoms with Crippen LogP contribution >= 0.6 is 0 Å². The van der Waals surface area contributed by atoms with Gasteiger partial charge < -0.3 is 16.0 Å². The molecule has 1 aliphatic rings. The van der Waals surface area contributed by atoms with Gasteiger partial charge in [-0.05, 0) is 30.5 Å². The summed E-state index contributed by atoms with van der Waals surface area (Å²) in [5, 5.41) is 0. The van der Waals surface area contributed by atoms with Gasteiger partial charge >= 0.3 is 0 Å². The Bertz CT molecular complexity index is 760. The highest BCUT2D eigenvalue weighted by Gasteiger charge is 2.21. The van der Waals surface area contributed by atoms with E-state index in [0.717, 1.165) is 42.3 Å². The quantitative estimate of drug-likeness (QED) is 0.848. The second-order valence-corrected chi connectivity index (χ2v) is 6.64. The van der Waals surface area contributed by atoms with Crippen LogP contribution < -0.4 is 11.5 Å². The molecule has 1 amide bonds. The molecule has 0 radical (unpaired) electrons. The van der Waals surface area contributed by atoms with Crippen molar-refractivity contribution < 1.29 is 9.59 Å². The number of fused-ring (bicyclic) bond motifs is 1. The Balaban J connectivity index is 1.76. The maximum atomic E-state index is 12.5. The molecule has 0 bridgehead atoms. The number of ketones is 1. The predicted octanol–water partition coefficient (Wildman–Crippen LogP) is 2.19. The molecule has 6 nitrogen and oxygen atoms in total. The smallest absolute Gasteiger partial charge is 0.219 e. The number of benzene rings is 1. The highest BCUT2D eigenvalue weighted by molar-refractivity contribution is 5.85. The van der Waals surface area contributed by atoms with Gasteiger partial charge in [-0.15, -0.1) is 0 Å². The summed E-state index contributed by atoms with van der Waals surface area (Å²) in [5.41, 5.74) is 13.7. The minimum atomic E-state index is -0.369. The maximum Gasteiger partial charge on any atom is 0.219 e. The number of aromatic nitrogens is 2. The van der Waals surface area contributed by atoms with Gasteiger partial charge in [-0.25, -0.2) is 4.98 Å². The van der Waals surface area contributed by atoms with Gasteiger partial charge in [0.15, 0.2) is 0 Å². The topological polar surface area (TPSA) is 104 Å². The number of Topliss-reactive ketones (excluding diaryl/α,β-unsaturated/α-hetero) is 1. The lowest BCUT2D eigenvalue weighted by atomic mass is 9.84. The van der Waals surface area contributed by atoms with Crippen molar-refractivity contribution in [3.05, 3.63) is 23.8 Å². The molecular formula is C18H24N4O2. The van der Waals surface area contributed by atoms with E-state index < -0.39 is 0 Å². The Morgan fingerprint density at radius 3 is 2.67 bits per heavy atom. The summed E-state index contributed by atoms with van der Waals surface area (Å²) in [6.07, 6.45) is 6.29. The van der Waals surface area contributed by atoms with Crippen molar-refractivity contribution in [3.63, 3.8) is 0 Å². The van der Waals surface area contributed by atoms with Crippen LogP contribution in [0.25, 0.3) is 11.0 Å². The number of hydrogen-bond acceptors (Lipinski definition) is 4. The van der Waals surface area contributed by atoms with E-state index in [1.165, 1.54) is 6.42 Å². The molecule has 24 heavy (non-hydrogen) atoms. The number of imidazole rings is 1. The fraction of sp³-hybridized carbons (Fsp3) is 0.500. The van der Waals surface area contributed by atoms with Gasteiger partial charge in [0.2, 0.25) is 11.9 Å². The second-order valence-electron chi connectivity index (χ2n) is 6.64. The van der Waals surface area contributed by atoms with Crippen LogP contribution in [0, 0.1) is 5.92 Å². The number of carbonyl (C=O) groups excluding carboxylic acids is 2. The van der Waals surface area contributed by atoms with Gasteiger partial charge in [0.05, 0.1) is 11.0 Å². The van der Waals surface area contributed by atoms with E-state index >= 15 is 0 Å². The SMILES string of the molecule is NC(=O)CCn1c(N)nc2cc(CC(=O)C3CCCCC3)ccc21. The van der Waals surface area contributed by atoms with Crippen molar-refractivity contribution in [2.45, 2.75) is 51.5 Å². The average Bonchev–Trinajstić information content (AvgIpc) is 2.88. The molecule has 0 spiro atoms. The van der Waals surface area contributed by atoms with Gasteiger partial charge in [-0.3, -0.25) is 9.59 Å². The van der Waals surface area contributed by atoms with E-state index in [1.54, 1.807) is 4.57 Å². The van der Waals surface area contributed by atoms with Crippen LogP contribution in [0.2, 0.25) is 0 Å². The number of carbonyl (C=O) groups is 2. The number of hydrogen-bond donors (Lipinski definition) is 2. The minimum Gasteiger partial charge on any atom is -0.370 e. The monoisotopic (exact) mass is 328 g/mol. The van der Waals surface area contributed by atoms with E-state index in [4.69, 9.17) is 11.5 Å². The molecule has 1 fully saturated rings. The lowest BCUT2D eigenvalue weighted by Gasteiger charge is -2.20. The Hall–Kier alpha value is -2.37. The number of aryl methyl sites for hydroxylation is 1. The molecule has 128 valence electrons. The predicted molar refractivity (Wildman–Crippen MR) is 93.2 cm³/mol. The van der Waals surface area contributed by atoms with E-state index in [-0.39, 0.29) is 18.2 Å². The first-order chi connectivity index (χ1) is 11.5. The van der Waals surface area contributed by atoms with Crippen LogP contribution in [0.4, 0.5) is 5.95 Å². The van der Waals surface area contributed by atoms with Crippen LogP contribution in [0.3, 0.4) is 0 Å². The Morgan fingerprint density at radius 2 is 1.96 bits per heavy atom. The van der Waals surface area contributed by atoms with Crippen molar-refractivity contribution >= 4 is 28.7 Å². The highest BCUT2D eigenvalue weighted by Crippen LogP contribution is 2.26. The standard InChI is InChI=1S/C18H24N4O2/c19-17(24)8-9-22-15-7-6-12(10-14(15)21-18(22)20)11-16(23)13-4-2-1-3-5-13/h6-7,10,13H,1-5,8-9,11H2,(H2,19,24)(H2,20,21). The van der Waals surface area contributed by atoms with Crippen LogP contribution in [-0.4, -0.2) is 21.2 Å². The summed E-state index contributed by atoms with van der Waals surface area (Å²) in [4.78, 5) is 27.8. The summed E-state index contributed by atoms with van der Waals surface area (Å²) in [6.45, 7) is 0.415. The molecule has 1 aliphatic carbocycles. The first kappa shape index (κ1) is 16.5. The fourth-order valence-electron chi connectivity index (χ4n) is 3.53. The van der Waals surface area contributed by atoms with E-state index in [1.807, 2.05) is 18.2 Å². The number of primary amides is 1. The van der Waals surface area contributed by atoms with E-state index in [2.05, 4.69) is 4.98 Å². The third kappa shape index (κ3) is 3.58. The number of amides is 1. The number of rotatable bonds is 6. The zero-order chi connectivity index (χ0) is 17.1. The molecule has 0 unspecified atom stereocenters. The maximum absolute atomic E-state index is 12.5. The zero-order valence-electron chi connectivity index (χ0n) is 13.8. The largest absolute Gasteiger partial charge is 0.370 e. The minimum absolute atomic E-state index is 0.215.